The molecule has 404 valence electrons. The molecule has 0 aliphatic rings. The Morgan fingerprint density at radius 2 is 0.549 bits per heavy atom. The topological polar surface area (TPSA) is 78.9 Å². The van der Waals surface area contributed by atoms with E-state index in [0.29, 0.717) is 19.3 Å². The van der Waals surface area contributed by atoms with Crippen LogP contribution in [-0.2, 0) is 28.6 Å². The molecule has 0 heterocycles. The third-order valence-electron chi connectivity index (χ3n) is 12.2. The zero-order valence-corrected chi connectivity index (χ0v) is 46.2. The van der Waals surface area contributed by atoms with Crippen LogP contribution in [0.1, 0.15) is 265 Å². The normalized spacial score (nSPS) is 12.9. The molecule has 0 amide bonds. The highest BCUT2D eigenvalue weighted by Gasteiger charge is 2.19. The molecule has 0 saturated carbocycles. The Morgan fingerprint density at radius 1 is 0.296 bits per heavy atom. The average Bonchev–Trinajstić information content (AvgIpc) is 3.37. The largest absolute Gasteiger partial charge is 0.462 e. The lowest BCUT2D eigenvalue weighted by Gasteiger charge is -2.18. The molecule has 1 unspecified atom stereocenters. The fourth-order valence-corrected chi connectivity index (χ4v) is 7.89. The van der Waals surface area contributed by atoms with Crippen LogP contribution in [-0.4, -0.2) is 37.2 Å². The number of allylic oxidation sites excluding steroid dienone is 18. The number of carbonyl (C=O) groups is 3. The van der Waals surface area contributed by atoms with Crippen molar-refractivity contribution in [2.75, 3.05) is 13.2 Å². The number of hydrogen-bond acceptors (Lipinski definition) is 6. The lowest BCUT2D eigenvalue weighted by molar-refractivity contribution is -0.167. The molecule has 6 nitrogen and oxygen atoms in total. The van der Waals surface area contributed by atoms with Gasteiger partial charge >= 0.3 is 17.9 Å². The third-order valence-corrected chi connectivity index (χ3v) is 12.2. The molecule has 0 fully saturated rings. The minimum Gasteiger partial charge on any atom is -0.462 e. The van der Waals surface area contributed by atoms with Crippen molar-refractivity contribution in [3.8, 4) is 0 Å². The summed E-state index contributed by atoms with van der Waals surface area (Å²) in [6.45, 7) is 6.38. The fourth-order valence-electron chi connectivity index (χ4n) is 7.89. The highest BCUT2D eigenvalue weighted by atomic mass is 16.6. The lowest BCUT2D eigenvalue weighted by atomic mass is 10.1. The van der Waals surface area contributed by atoms with Gasteiger partial charge in [-0.15, -0.1) is 0 Å². The highest BCUT2D eigenvalue weighted by Crippen LogP contribution is 2.15. The van der Waals surface area contributed by atoms with Crippen LogP contribution in [0.5, 0.6) is 0 Å². The van der Waals surface area contributed by atoms with E-state index in [9.17, 15) is 14.4 Å². The third kappa shape index (κ3) is 56.9. The molecule has 0 aliphatic heterocycles. The molecule has 0 saturated heterocycles. The van der Waals surface area contributed by atoms with E-state index in [1.807, 2.05) is 0 Å². The zero-order valence-electron chi connectivity index (χ0n) is 46.2. The standard InChI is InChI=1S/C65H108O6/c1-4-7-10-13-16-19-22-25-28-30-32-34-37-40-43-46-49-52-55-58-64(67)70-61-62(60-69-63(66)57-54-51-48-45-42-39-36-27-24-21-18-15-12-9-6-3)71-65(68)59-56-53-50-47-44-41-38-35-33-31-29-26-23-20-17-14-11-8-5-2/h7-8,10-11,16-17,19-21,24-26,28-29,32,34,40,43,62H,4-6,9,12-15,18,22-23,27,30-31,33,35-39,41-42,44-61H2,1-3H3/b10-7-,11-8-,19-16-,20-17-,24-21-,28-25-,29-26-,34-32-,43-40-. The van der Waals surface area contributed by atoms with Gasteiger partial charge in [-0.3, -0.25) is 14.4 Å². The Hall–Kier alpha value is -3.93. The molecule has 0 aromatic carbocycles. The monoisotopic (exact) mass is 985 g/mol. The molecule has 0 rings (SSSR count). The second kappa shape index (κ2) is 58.6. The van der Waals surface area contributed by atoms with Crippen LogP contribution in [0.3, 0.4) is 0 Å². The van der Waals surface area contributed by atoms with Crippen molar-refractivity contribution in [3.63, 3.8) is 0 Å². The zero-order chi connectivity index (χ0) is 51.4. The van der Waals surface area contributed by atoms with Crippen molar-refractivity contribution in [2.45, 2.75) is 271 Å². The van der Waals surface area contributed by atoms with Gasteiger partial charge in [-0.25, -0.2) is 0 Å². The number of hydrogen-bond donors (Lipinski definition) is 0. The van der Waals surface area contributed by atoms with Gasteiger partial charge < -0.3 is 14.2 Å². The molecule has 71 heavy (non-hydrogen) atoms. The first-order valence-corrected chi connectivity index (χ1v) is 29.4. The number of ether oxygens (including phenoxy) is 3. The predicted octanol–water partition coefficient (Wildman–Crippen LogP) is 19.9. The summed E-state index contributed by atoms with van der Waals surface area (Å²) in [4.78, 5) is 38.2. The number of esters is 3. The van der Waals surface area contributed by atoms with E-state index in [1.165, 1.54) is 103 Å². The maximum absolute atomic E-state index is 12.9. The Kier molecular flexibility index (Phi) is 55.4. The first-order chi connectivity index (χ1) is 35.0. The maximum atomic E-state index is 12.9. The molecule has 0 aromatic heterocycles. The van der Waals surface area contributed by atoms with E-state index in [0.717, 1.165) is 122 Å². The van der Waals surface area contributed by atoms with Gasteiger partial charge in [-0.05, 0) is 122 Å². The van der Waals surface area contributed by atoms with E-state index < -0.39 is 6.10 Å². The number of unbranched alkanes of at least 4 members (excludes halogenated alkanes) is 23. The average molecular weight is 986 g/mol. The van der Waals surface area contributed by atoms with Gasteiger partial charge in [-0.1, -0.05) is 233 Å². The smallest absolute Gasteiger partial charge is 0.306 e. The van der Waals surface area contributed by atoms with Crippen LogP contribution in [0.15, 0.2) is 109 Å². The van der Waals surface area contributed by atoms with Gasteiger partial charge in [0.05, 0.1) is 0 Å². The van der Waals surface area contributed by atoms with E-state index in [4.69, 9.17) is 14.2 Å². The van der Waals surface area contributed by atoms with Crippen molar-refractivity contribution in [1.29, 1.82) is 0 Å². The summed E-state index contributed by atoms with van der Waals surface area (Å²) in [7, 11) is 0. The number of rotatable bonds is 52. The summed E-state index contributed by atoms with van der Waals surface area (Å²) in [6, 6.07) is 0. The van der Waals surface area contributed by atoms with Crippen LogP contribution in [0.2, 0.25) is 0 Å². The van der Waals surface area contributed by atoms with Crippen LogP contribution in [0.4, 0.5) is 0 Å². The molecule has 0 aliphatic carbocycles. The summed E-state index contributed by atoms with van der Waals surface area (Å²) in [5.74, 6) is -0.935. The molecule has 6 heteroatoms. The Labute approximate surface area is 438 Å². The SMILES string of the molecule is CC/C=C\C/C=C\C/C=C\C/C=C\C/C=C\CCCCCC(=O)OCC(COC(=O)CCCCCCCCC/C=C\CCCCCC)OC(=O)CCCCCCCCCCC/C=C\C/C=C\C/C=C\CC. The molecule has 0 bridgehead atoms. The van der Waals surface area contributed by atoms with Gasteiger partial charge in [0.25, 0.3) is 0 Å². The van der Waals surface area contributed by atoms with Crippen molar-refractivity contribution >= 4 is 17.9 Å². The summed E-state index contributed by atoms with van der Waals surface area (Å²) >= 11 is 0. The van der Waals surface area contributed by atoms with Gasteiger partial charge in [0, 0.05) is 19.3 Å². The summed E-state index contributed by atoms with van der Waals surface area (Å²) in [5, 5.41) is 0. The summed E-state index contributed by atoms with van der Waals surface area (Å²) in [5.41, 5.74) is 0. The molecule has 0 spiro atoms. The van der Waals surface area contributed by atoms with Gasteiger partial charge in [0.2, 0.25) is 0 Å². The summed E-state index contributed by atoms with van der Waals surface area (Å²) < 4.78 is 16.9. The molecule has 1 atom stereocenters. The maximum Gasteiger partial charge on any atom is 0.306 e. The lowest BCUT2D eigenvalue weighted by Crippen LogP contribution is -2.30. The molecule has 0 radical (unpaired) electrons. The Balaban J connectivity index is 4.46. The Morgan fingerprint density at radius 3 is 0.887 bits per heavy atom. The van der Waals surface area contributed by atoms with E-state index in [2.05, 4.69) is 130 Å². The van der Waals surface area contributed by atoms with Crippen molar-refractivity contribution in [3.05, 3.63) is 109 Å². The van der Waals surface area contributed by atoms with Crippen molar-refractivity contribution in [1.82, 2.24) is 0 Å². The van der Waals surface area contributed by atoms with E-state index in [1.54, 1.807) is 0 Å². The highest BCUT2D eigenvalue weighted by molar-refractivity contribution is 5.71. The second-order valence-corrected chi connectivity index (χ2v) is 19.1. The van der Waals surface area contributed by atoms with Crippen LogP contribution >= 0.6 is 0 Å². The fraction of sp³-hybridized carbons (Fsp3) is 0.677. The van der Waals surface area contributed by atoms with Crippen LogP contribution in [0.25, 0.3) is 0 Å². The van der Waals surface area contributed by atoms with Gasteiger partial charge in [-0.2, -0.15) is 0 Å². The second-order valence-electron chi connectivity index (χ2n) is 19.1. The number of carbonyl (C=O) groups excluding carboxylic acids is 3. The van der Waals surface area contributed by atoms with Crippen LogP contribution < -0.4 is 0 Å². The Bertz CT molecular complexity index is 1460. The minimum atomic E-state index is -0.799. The molecule has 0 N–H and O–H groups in total. The van der Waals surface area contributed by atoms with Crippen molar-refractivity contribution < 1.29 is 28.6 Å². The molecular weight excluding hydrogens is 877 g/mol. The van der Waals surface area contributed by atoms with Gasteiger partial charge in [0.15, 0.2) is 6.10 Å². The summed E-state index contributed by atoms with van der Waals surface area (Å²) in [6.07, 6.45) is 79.3. The van der Waals surface area contributed by atoms with Crippen LogP contribution in [0, 0.1) is 0 Å². The predicted molar refractivity (Wildman–Crippen MR) is 307 cm³/mol. The molecule has 0 aromatic rings. The van der Waals surface area contributed by atoms with E-state index >= 15 is 0 Å². The quantitative estimate of drug-likeness (QED) is 0.0261. The van der Waals surface area contributed by atoms with E-state index in [-0.39, 0.29) is 31.1 Å². The first kappa shape index (κ1) is 67.1. The molecular formula is C65H108O6. The minimum absolute atomic E-state index is 0.0941. The van der Waals surface area contributed by atoms with Crippen molar-refractivity contribution in [2.24, 2.45) is 0 Å². The van der Waals surface area contributed by atoms with Gasteiger partial charge in [0.1, 0.15) is 13.2 Å². The first-order valence-electron chi connectivity index (χ1n) is 29.4.